The van der Waals surface area contributed by atoms with Gasteiger partial charge < -0.3 is 15.4 Å². The van der Waals surface area contributed by atoms with E-state index in [1.54, 1.807) is 0 Å². The van der Waals surface area contributed by atoms with E-state index in [1.165, 1.54) is 58.2 Å². The van der Waals surface area contributed by atoms with Crippen LogP contribution in [0.3, 0.4) is 0 Å². The molecule has 2 rings (SSSR count). The molecule has 2 fully saturated rings. The second kappa shape index (κ2) is 5.99. The Morgan fingerprint density at radius 1 is 1.12 bits per heavy atom. The van der Waals surface area contributed by atoms with Crippen molar-refractivity contribution in [3.05, 3.63) is 0 Å². The summed E-state index contributed by atoms with van der Waals surface area (Å²) in [6.07, 6.45) is 8.17. The fourth-order valence-electron chi connectivity index (χ4n) is 3.12. The third kappa shape index (κ3) is 3.19. The van der Waals surface area contributed by atoms with Gasteiger partial charge in [0.1, 0.15) is 0 Å². The van der Waals surface area contributed by atoms with Gasteiger partial charge >= 0.3 is 0 Å². The minimum absolute atomic E-state index is 0.453. The fraction of sp³-hybridized carbons (Fsp3) is 1.00. The largest absolute Gasteiger partial charge is 0.381 e. The van der Waals surface area contributed by atoms with Gasteiger partial charge in [-0.25, -0.2) is 0 Å². The molecule has 2 aliphatic rings. The molecular formula is C13H26N2O. The Morgan fingerprint density at radius 3 is 2.44 bits per heavy atom. The zero-order valence-electron chi connectivity index (χ0n) is 10.5. The van der Waals surface area contributed by atoms with Gasteiger partial charge in [0, 0.05) is 32.8 Å². The molecule has 0 bridgehead atoms. The number of nitrogens with two attached hydrogens (primary N) is 1. The first-order chi connectivity index (χ1) is 7.79. The molecule has 2 unspecified atom stereocenters. The summed E-state index contributed by atoms with van der Waals surface area (Å²) in [4.78, 5) is 2.59. The summed E-state index contributed by atoms with van der Waals surface area (Å²) in [5.74, 6) is 0.743. The SMILES string of the molecule is COC1CCN(CC2CCCCC2N)CC1. The average molecular weight is 226 g/mol. The van der Waals surface area contributed by atoms with Crippen LogP contribution < -0.4 is 5.73 Å². The van der Waals surface area contributed by atoms with Crippen LogP contribution >= 0.6 is 0 Å². The molecular weight excluding hydrogens is 200 g/mol. The summed E-state index contributed by atoms with van der Waals surface area (Å²) in [6.45, 7) is 3.61. The van der Waals surface area contributed by atoms with Crippen LogP contribution in [0.2, 0.25) is 0 Å². The van der Waals surface area contributed by atoms with Crippen molar-refractivity contribution in [1.29, 1.82) is 0 Å². The van der Waals surface area contributed by atoms with Crippen molar-refractivity contribution in [2.45, 2.75) is 50.7 Å². The van der Waals surface area contributed by atoms with Gasteiger partial charge in [0.15, 0.2) is 0 Å². The maximum absolute atomic E-state index is 6.20. The van der Waals surface area contributed by atoms with Gasteiger partial charge in [0.25, 0.3) is 0 Å². The predicted molar refractivity (Wildman–Crippen MR) is 66.4 cm³/mol. The molecule has 1 aliphatic heterocycles. The second-order valence-corrected chi connectivity index (χ2v) is 5.44. The molecule has 16 heavy (non-hydrogen) atoms. The van der Waals surface area contributed by atoms with Crippen LogP contribution in [0.4, 0.5) is 0 Å². The minimum Gasteiger partial charge on any atom is -0.381 e. The second-order valence-electron chi connectivity index (χ2n) is 5.44. The topological polar surface area (TPSA) is 38.5 Å². The Hall–Kier alpha value is -0.120. The van der Waals surface area contributed by atoms with Gasteiger partial charge in [-0.3, -0.25) is 0 Å². The summed E-state index contributed by atoms with van der Waals surface area (Å²) in [5, 5.41) is 0. The van der Waals surface area contributed by atoms with Crippen molar-refractivity contribution >= 4 is 0 Å². The minimum atomic E-state index is 0.453. The Bertz CT molecular complexity index is 202. The lowest BCUT2D eigenvalue weighted by Crippen LogP contribution is -2.44. The zero-order chi connectivity index (χ0) is 11.4. The van der Waals surface area contributed by atoms with E-state index < -0.39 is 0 Å². The van der Waals surface area contributed by atoms with Crippen LogP contribution in [0.15, 0.2) is 0 Å². The first-order valence-electron chi connectivity index (χ1n) is 6.80. The standard InChI is InChI=1S/C13H26N2O/c1-16-12-6-8-15(9-7-12)10-11-4-2-3-5-13(11)14/h11-13H,2-10,14H2,1H3. The first kappa shape index (κ1) is 12.3. The summed E-state index contributed by atoms with van der Waals surface area (Å²) in [5.41, 5.74) is 6.20. The van der Waals surface area contributed by atoms with Crippen molar-refractivity contribution in [1.82, 2.24) is 4.90 Å². The number of nitrogens with zero attached hydrogens (tertiary/aromatic N) is 1. The molecule has 2 atom stereocenters. The molecule has 3 nitrogen and oxygen atoms in total. The fourth-order valence-corrected chi connectivity index (χ4v) is 3.12. The number of ether oxygens (including phenoxy) is 1. The van der Waals surface area contributed by atoms with Gasteiger partial charge in [0.05, 0.1) is 6.10 Å². The lowest BCUT2D eigenvalue weighted by atomic mass is 9.84. The van der Waals surface area contributed by atoms with E-state index in [0.29, 0.717) is 12.1 Å². The number of methoxy groups -OCH3 is 1. The van der Waals surface area contributed by atoms with Gasteiger partial charge in [-0.15, -0.1) is 0 Å². The van der Waals surface area contributed by atoms with E-state index in [9.17, 15) is 0 Å². The summed E-state index contributed by atoms with van der Waals surface area (Å²) < 4.78 is 5.40. The zero-order valence-corrected chi connectivity index (χ0v) is 10.5. The van der Waals surface area contributed by atoms with E-state index in [0.717, 1.165) is 5.92 Å². The monoisotopic (exact) mass is 226 g/mol. The van der Waals surface area contributed by atoms with Crippen molar-refractivity contribution in [2.75, 3.05) is 26.7 Å². The van der Waals surface area contributed by atoms with Crippen LogP contribution in [0, 0.1) is 5.92 Å². The van der Waals surface area contributed by atoms with Crippen LogP contribution in [0.5, 0.6) is 0 Å². The molecule has 1 saturated heterocycles. The van der Waals surface area contributed by atoms with Gasteiger partial charge in [-0.05, 0) is 31.6 Å². The smallest absolute Gasteiger partial charge is 0.0595 e. The number of rotatable bonds is 3. The molecule has 0 radical (unpaired) electrons. The van der Waals surface area contributed by atoms with Crippen molar-refractivity contribution in [3.8, 4) is 0 Å². The lowest BCUT2D eigenvalue weighted by Gasteiger charge is -2.37. The molecule has 1 aliphatic carbocycles. The highest BCUT2D eigenvalue weighted by molar-refractivity contribution is 4.82. The molecule has 1 heterocycles. The average Bonchev–Trinajstić information content (AvgIpc) is 2.33. The van der Waals surface area contributed by atoms with Crippen LogP contribution in [0.25, 0.3) is 0 Å². The van der Waals surface area contributed by atoms with Crippen LogP contribution in [-0.2, 0) is 4.74 Å². The quantitative estimate of drug-likeness (QED) is 0.794. The van der Waals surface area contributed by atoms with E-state index in [1.807, 2.05) is 7.11 Å². The number of hydrogen-bond acceptors (Lipinski definition) is 3. The Kier molecular flexibility index (Phi) is 4.62. The van der Waals surface area contributed by atoms with E-state index in [-0.39, 0.29) is 0 Å². The highest BCUT2D eigenvalue weighted by Crippen LogP contribution is 2.25. The normalized spacial score (nSPS) is 34.1. The number of hydrogen-bond donors (Lipinski definition) is 1. The molecule has 2 N–H and O–H groups in total. The van der Waals surface area contributed by atoms with Gasteiger partial charge in [0.2, 0.25) is 0 Å². The molecule has 94 valence electrons. The molecule has 0 aromatic carbocycles. The van der Waals surface area contributed by atoms with E-state index in [4.69, 9.17) is 10.5 Å². The molecule has 0 amide bonds. The lowest BCUT2D eigenvalue weighted by molar-refractivity contribution is 0.0334. The van der Waals surface area contributed by atoms with Crippen molar-refractivity contribution < 1.29 is 4.74 Å². The van der Waals surface area contributed by atoms with Crippen LogP contribution in [-0.4, -0.2) is 43.8 Å². The Labute approximate surface area is 99.3 Å². The molecule has 0 aromatic rings. The third-order valence-corrected chi connectivity index (χ3v) is 4.33. The summed E-state index contributed by atoms with van der Waals surface area (Å²) in [6, 6.07) is 0.453. The third-order valence-electron chi connectivity index (χ3n) is 4.33. The predicted octanol–water partition coefficient (Wildman–Crippen LogP) is 1.61. The summed E-state index contributed by atoms with van der Waals surface area (Å²) >= 11 is 0. The van der Waals surface area contributed by atoms with Gasteiger partial charge in [-0.2, -0.15) is 0 Å². The van der Waals surface area contributed by atoms with Gasteiger partial charge in [-0.1, -0.05) is 12.8 Å². The highest BCUT2D eigenvalue weighted by atomic mass is 16.5. The van der Waals surface area contributed by atoms with Crippen LogP contribution in [0.1, 0.15) is 38.5 Å². The first-order valence-corrected chi connectivity index (χ1v) is 6.80. The number of likely N-dealkylation sites (tertiary alicyclic amines) is 1. The highest BCUT2D eigenvalue weighted by Gasteiger charge is 2.26. The number of piperidine rings is 1. The molecule has 0 spiro atoms. The summed E-state index contributed by atoms with van der Waals surface area (Å²) in [7, 11) is 1.83. The Morgan fingerprint density at radius 2 is 1.81 bits per heavy atom. The maximum Gasteiger partial charge on any atom is 0.0595 e. The van der Waals surface area contributed by atoms with Crippen molar-refractivity contribution in [2.24, 2.45) is 11.7 Å². The van der Waals surface area contributed by atoms with E-state index in [2.05, 4.69) is 4.90 Å². The van der Waals surface area contributed by atoms with E-state index >= 15 is 0 Å². The maximum atomic E-state index is 6.20. The Balaban J connectivity index is 1.73. The molecule has 0 aromatic heterocycles. The molecule has 3 heteroatoms. The molecule has 1 saturated carbocycles. The van der Waals surface area contributed by atoms with Crippen molar-refractivity contribution in [3.63, 3.8) is 0 Å².